The number of rotatable bonds is 6. The van der Waals surface area contributed by atoms with Crippen molar-refractivity contribution in [3.63, 3.8) is 0 Å². The maximum Gasteiger partial charge on any atom is 0.256 e. The van der Waals surface area contributed by atoms with E-state index in [2.05, 4.69) is 5.32 Å². The molecule has 3 aromatic rings. The first kappa shape index (κ1) is 22.5. The lowest BCUT2D eigenvalue weighted by molar-refractivity contribution is 0.0936. The van der Waals surface area contributed by atoms with Crippen LogP contribution in [0.15, 0.2) is 64.4 Å². The second kappa shape index (κ2) is 9.40. The number of hydrogen-bond acceptors (Lipinski definition) is 5. The van der Waals surface area contributed by atoms with Gasteiger partial charge in [0.1, 0.15) is 5.75 Å². The summed E-state index contributed by atoms with van der Waals surface area (Å²) in [5, 5.41) is 3.67. The zero-order valence-corrected chi connectivity index (χ0v) is 19.4. The lowest BCUT2D eigenvalue weighted by Crippen LogP contribution is -2.32. The number of halogens is 1. The molecule has 1 aliphatic rings. The van der Waals surface area contributed by atoms with Crippen LogP contribution in [-0.2, 0) is 6.54 Å². The molecule has 4 rings (SSSR count). The van der Waals surface area contributed by atoms with E-state index in [0.29, 0.717) is 33.3 Å². The highest BCUT2D eigenvalue weighted by Crippen LogP contribution is 2.37. The number of thioether (sulfide) groups is 1. The summed E-state index contributed by atoms with van der Waals surface area (Å²) in [6, 6.07) is 14.2. The first-order valence-corrected chi connectivity index (χ1v) is 11.6. The highest BCUT2D eigenvalue weighted by atomic mass is 35.5. The number of nitrogens with zero attached hydrogens (tertiary/aromatic N) is 1. The molecular formula is C24H24ClN3O3S. The lowest BCUT2D eigenvalue weighted by atomic mass is 10.1. The molecule has 8 heteroatoms. The Bertz CT molecular complexity index is 1190. The third-order valence-corrected chi connectivity index (χ3v) is 7.02. The number of carbonyl (C=O) groups is 1. The predicted molar refractivity (Wildman–Crippen MR) is 128 cm³/mol. The molecule has 0 bridgehead atoms. The second-order valence-electron chi connectivity index (χ2n) is 7.73. The van der Waals surface area contributed by atoms with E-state index in [0.717, 1.165) is 16.9 Å². The maximum absolute atomic E-state index is 13.3. The Kier molecular flexibility index (Phi) is 6.60. The fourth-order valence-electron chi connectivity index (χ4n) is 3.72. The van der Waals surface area contributed by atoms with E-state index < -0.39 is 6.04 Å². The van der Waals surface area contributed by atoms with Crippen molar-refractivity contribution in [1.29, 1.82) is 0 Å². The molecule has 32 heavy (non-hydrogen) atoms. The van der Waals surface area contributed by atoms with Crippen molar-refractivity contribution in [3.05, 3.63) is 92.4 Å². The molecular weight excluding hydrogens is 446 g/mol. The first-order valence-electron chi connectivity index (χ1n) is 10.2. The molecule has 0 saturated carbocycles. The topological polar surface area (TPSA) is 86.3 Å². The number of aromatic nitrogens is 1. The molecule has 0 spiro atoms. The van der Waals surface area contributed by atoms with E-state index in [9.17, 15) is 9.59 Å². The van der Waals surface area contributed by atoms with Gasteiger partial charge < -0.3 is 20.4 Å². The van der Waals surface area contributed by atoms with E-state index in [1.165, 1.54) is 11.8 Å². The summed E-state index contributed by atoms with van der Waals surface area (Å²) in [5.74, 6) is 1.09. The van der Waals surface area contributed by atoms with Crippen LogP contribution in [0.5, 0.6) is 5.75 Å². The van der Waals surface area contributed by atoms with Crippen molar-refractivity contribution in [3.8, 4) is 5.75 Å². The lowest BCUT2D eigenvalue weighted by Gasteiger charge is -2.18. The van der Waals surface area contributed by atoms with E-state index in [-0.39, 0.29) is 17.5 Å². The van der Waals surface area contributed by atoms with Crippen LogP contribution in [0.4, 0.5) is 0 Å². The fourth-order valence-corrected chi connectivity index (χ4v) is 5.06. The summed E-state index contributed by atoms with van der Waals surface area (Å²) in [4.78, 5) is 27.1. The summed E-state index contributed by atoms with van der Waals surface area (Å²) in [7, 11) is 1.61. The molecule has 0 radical (unpaired) electrons. The van der Waals surface area contributed by atoms with Gasteiger partial charge in [-0.05, 0) is 42.3 Å². The summed E-state index contributed by atoms with van der Waals surface area (Å²) >= 11 is 7.43. The minimum absolute atomic E-state index is 0.160. The number of nitrogens with one attached hydrogen (secondary N) is 1. The number of methoxy groups -OCH3 is 1. The SMILES string of the molecule is COc1ccc([C@H](C)NC(=O)c2cn(Cc3ccc(Cl)cc3)c(=O)c3c2SC[C@@H]3N)cc1. The highest BCUT2D eigenvalue weighted by molar-refractivity contribution is 7.99. The van der Waals surface area contributed by atoms with Gasteiger partial charge in [0.15, 0.2) is 0 Å². The zero-order chi connectivity index (χ0) is 22.8. The van der Waals surface area contributed by atoms with Crippen molar-refractivity contribution in [1.82, 2.24) is 9.88 Å². The number of ether oxygens (including phenoxy) is 1. The number of benzene rings is 2. The van der Waals surface area contributed by atoms with E-state index in [1.807, 2.05) is 43.3 Å². The van der Waals surface area contributed by atoms with Crippen LogP contribution >= 0.6 is 23.4 Å². The largest absolute Gasteiger partial charge is 0.497 e. The molecule has 1 amide bonds. The normalized spacial score (nSPS) is 15.8. The molecule has 2 aromatic carbocycles. The predicted octanol–water partition coefficient (Wildman–Crippen LogP) is 4.16. The average molecular weight is 470 g/mol. The van der Waals surface area contributed by atoms with Gasteiger partial charge in [-0.15, -0.1) is 11.8 Å². The summed E-state index contributed by atoms with van der Waals surface area (Å²) < 4.78 is 6.75. The van der Waals surface area contributed by atoms with Gasteiger partial charge in [-0.3, -0.25) is 9.59 Å². The van der Waals surface area contributed by atoms with E-state index >= 15 is 0 Å². The molecule has 2 heterocycles. The molecule has 0 saturated heterocycles. The summed E-state index contributed by atoms with van der Waals surface area (Å²) in [6.45, 7) is 2.25. The van der Waals surface area contributed by atoms with Crippen LogP contribution in [0, 0.1) is 0 Å². The Labute approximate surface area is 195 Å². The van der Waals surface area contributed by atoms with Gasteiger partial charge in [0, 0.05) is 33.5 Å². The summed E-state index contributed by atoms with van der Waals surface area (Å²) in [6.07, 6.45) is 1.64. The van der Waals surface area contributed by atoms with Gasteiger partial charge >= 0.3 is 0 Å². The zero-order valence-electron chi connectivity index (χ0n) is 17.8. The van der Waals surface area contributed by atoms with E-state index in [4.69, 9.17) is 22.1 Å². The standard InChI is InChI=1S/C24H24ClN3O3S/c1-14(16-5-9-18(31-2)10-6-16)27-23(29)19-12-28(11-15-3-7-17(25)8-4-15)24(30)21-20(26)13-32-22(19)21/h3-10,12,14,20H,11,13,26H2,1-2H3,(H,27,29)/t14-,20-/m0/s1. The number of fused-ring (bicyclic) bond motifs is 1. The second-order valence-corrected chi connectivity index (χ2v) is 9.20. The van der Waals surface area contributed by atoms with Crippen LogP contribution in [-0.4, -0.2) is 23.3 Å². The smallest absolute Gasteiger partial charge is 0.256 e. The van der Waals surface area contributed by atoms with Crippen molar-refractivity contribution in [2.24, 2.45) is 5.73 Å². The van der Waals surface area contributed by atoms with Crippen LogP contribution in [0.3, 0.4) is 0 Å². The Morgan fingerprint density at radius 1 is 1.25 bits per heavy atom. The Hall–Kier alpha value is -2.74. The van der Waals surface area contributed by atoms with Gasteiger partial charge in [0.05, 0.1) is 25.3 Å². The van der Waals surface area contributed by atoms with Crippen molar-refractivity contribution < 1.29 is 9.53 Å². The first-order chi connectivity index (χ1) is 15.4. The number of carbonyl (C=O) groups excluding carboxylic acids is 1. The van der Waals surface area contributed by atoms with Crippen molar-refractivity contribution in [2.75, 3.05) is 12.9 Å². The monoisotopic (exact) mass is 469 g/mol. The van der Waals surface area contributed by atoms with Crippen molar-refractivity contribution in [2.45, 2.75) is 30.4 Å². The number of pyridine rings is 1. The molecule has 1 aromatic heterocycles. The number of amides is 1. The third-order valence-electron chi connectivity index (χ3n) is 5.52. The average Bonchev–Trinajstić information content (AvgIpc) is 3.18. The molecule has 0 fully saturated rings. The minimum atomic E-state index is -0.397. The van der Waals surface area contributed by atoms with Gasteiger partial charge in [-0.1, -0.05) is 35.9 Å². The Morgan fingerprint density at radius 3 is 2.59 bits per heavy atom. The van der Waals surface area contributed by atoms with E-state index in [1.54, 1.807) is 30.0 Å². The Balaban J connectivity index is 1.65. The van der Waals surface area contributed by atoms with Crippen molar-refractivity contribution >= 4 is 29.3 Å². The highest BCUT2D eigenvalue weighted by Gasteiger charge is 2.30. The minimum Gasteiger partial charge on any atom is -0.497 e. The molecule has 0 aliphatic carbocycles. The summed E-state index contributed by atoms with van der Waals surface area (Å²) in [5.41, 5.74) is 8.90. The molecule has 2 atom stereocenters. The number of hydrogen-bond donors (Lipinski definition) is 2. The molecule has 3 N–H and O–H groups in total. The van der Waals surface area contributed by atoms with Crippen LogP contribution in [0.25, 0.3) is 0 Å². The van der Waals surface area contributed by atoms with Gasteiger partial charge in [0.25, 0.3) is 11.5 Å². The van der Waals surface area contributed by atoms with Gasteiger partial charge in [-0.25, -0.2) is 0 Å². The molecule has 0 unspecified atom stereocenters. The number of nitrogens with two attached hydrogens (primary N) is 1. The van der Waals surface area contributed by atoms with Crippen LogP contribution in [0.2, 0.25) is 5.02 Å². The fraction of sp³-hybridized carbons (Fsp3) is 0.250. The van der Waals surface area contributed by atoms with Gasteiger partial charge in [-0.2, -0.15) is 0 Å². The third kappa shape index (κ3) is 4.55. The molecule has 1 aliphatic heterocycles. The molecule has 6 nitrogen and oxygen atoms in total. The van der Waals surface area contributed by atoms with Gasteiger partial charge in [0.2, 0.25) is 0 Å². The quantitative estimate of drug-likeness (QED) is 0.566. The maximum atomic E-state index is 13.3. The van der Waals surface area contributed by atoms with Crippen LogP contribution in [0.1, 0.15) is 46.1 Å². The van der Waals surface area contributed by atoms with Crippen LogP contribution < -0.4 is 21.3 Å². The molecule has 166 valence electrons. The Morgan fingerprint density at radius 2 is 1.94 bits per heavy atom.